The Labute approximate surface area is 172 Å². The maximum Gasteiger partial charge on any atom is 0.224 e. The van der Waals surface area contributed by atoms with E-state index in [9.17, 15) is 0 Å². The number of methoxy groups -OCH3 is 2. The number of anilines is 2. The van der Waals surface area contributed by atoms with Gasteiger partial charge in [-0.1, -0.05) is 35.9 Å². The van der Waals surface area contributed by atoms with Crippen LogP contribution in [0.5, 0.6) is 11.5 Å². The van der Waals surface area contributed by atoms with Gasteiger partial charge in [0.25, 0.3) is 0 Å². The lowest BCUT2D eigenvalue weighted by Crippen LogP contribution is -2.10. The first-order valence-electron chi connectivity index (χ1n) is 9.67. The number of benzene rings is 2. The summed E-state index contributed by atoms with van der Waals surface area (Å²) in [7, 11) is 3.28. The van der Waals surface area contributed by atoms with Gasteiger partial charge in [-0.2, -0.15) is 4.98 Å². The highest BCUT2D eigenvalue weighted by Gasteiger charge is 2.06. The Balaban J connectivity index is 1.58. The van der Waals surface area contributed by atoms with Crippen LogP contribution >= 0.6 is 0 Å². The SMILES string of the molecule is COc1ccc(CCNc2nc(C)cc(NCc3cccc(C)c3)n2)cc1OC. The summed E-state index contributed by atoms with van der Waals surface area (Å²) in [6.45, 7) is 5.51. The number of hydrogen-bond acceptors (Lipinski definition) is 6. The lowest BCUT2D eigenvalue weighted by atomic mass is 10.1. The Morgan fingerprint density at radius 3 is 2.41 bits per heavy atom. The van der Waals surface area contributed by atoms with Crippen LogP contribution in [0.2, 0.25) is 0 Å². The minimum atomic E-state index is 0.622. The molecule has 1 aromatic heterocycles. The molecule has 6 nitrogen and oxygen atoms in total. The summed E-state index contributed by atoms with van der Waals surface area (Å²) < 4.78 is 10.7. The monoisotopic (exact) mass is 392 g/mol. The van der Waals surface area contributed by atoms with Gasteiger partial charge in [0.2, 0.25) is 5.95 Å². The molecule has 0 spiro atoms. The smallest absolute Gasteiger partial charge is 0.224 e. The summed E-state index contributed by atoms with van der Waals surface area (Å²) >= 11 is 0. The van der Waals surface area contributed by atoms with Crippen LogP contribution in [0.15, 0.2) is 48.5 Å². The molecule has 0 atom stereocenters. The molecule has 0 saturated heterocycles. The molecule has 0 fully saturated rings. The molecule has 0 aliphatic heterocycles. The highest BCUT2D eigenvalue weighted by molar-refractivity contribution is 5.44. The summed E-state index contributed by atoms with van der Waals surface area (Å²) in [5, 5.41) is 6.70. The van der Waals surface area contributed by atoms with E-state index in [1.165, 1.54) is 11.1 Å². The molecule has 0 aliphatic rings. The number of aryl methyl sites for hydroxylation is 2. The van der Waals surface area contributed by atoms with Crippen molar-refractivity contribution in [2.75, 3.05) is 31.4 Å². The third-order valence-corrected chi connectivity index (χ3v) is 4.56. The Morgan fingerprint density at radius 2 is 1.66 bits per heavy atom. The van der Waals surface area contributed by atoms with Gasteiger partial charge in [0.15, 0.2) is 11.5 Å². The molecule has 3 aromatic rings. The number of hydrogen-bond donors (Lipinski definition) is 2. The van der Waals surface area contributed by atoms with Crippen molar-refractivity contribution in [1.29, 1.82) is 0 Å². The van der Waals surface area contributed by atoms with Gasteiger partial charge in [-0.05, 0) is 43.5 Å². The van der Waals surface area contributed by atoms with E-state index in [1.54, 1.807) is 14.2 Å². The van der Waals surface area contributed by atoms with E-state index < -0.39 is 0 Å². The van der Waals surface area contributed by atoms with Crippen LogP contribution in [0, 0.1) is 13.8 Å². The molecule has 29 heavy (non-hydrogen) atoms. The third kappa shape index (κ3) is 5.85. The van der Waals surface area contributed by atoms with Gasteiger partial charge >= 0.3 is 0 Å². The topological polar surface area (TPSA) is 68.3 Å². The molecule has 1 heterocycles. The van der Waals surface area contributed by atoms with Gasteiger partial charge in [0.05, 0.1) is 14.2 Å². The Bertz CT molecular complexity index is 959. The second-order valence-electron chi connectivity index (χ2n) is 6.93. The first kappa shape index (κ1) is 20.5. The van der Waals surface area contributed by atoms with E-state index in [0.717, 1.165) is 48.1 Å². The van der Waals surface area contributed by atoms with Crippen LogP contribution in [0.4, 0.5) is 11.8 Å². The fraction of sp³-hybridized carbons (Fsp3) is 0.304. The van der Waals surface area contributed by atoms with E-state index in [0.29, 0.717) is 5.95 Å². The van der Waals surface area contributed by atoms with Gasteiger partial charge < -0.3 is 20.1 Å². The Morgan fingerprint density at radius 1 is 0.828 bits per heavy atom. The molecule has 2 N–H and O–H groups in total. The highest BCUT2D eigenvalue weighted by atomic mass is 16.5. The molecule has 3 rings (SSSR count). The van der Waals surface area contributed by atoms with Crippen molar-refractivity contribution in [3.05, 3.63) is 70.9 Å². The van der Waals surface area contributed by atoms with E-state index >= 15 is 0 Å². The Hall–Kier alpha value is -3.28. The lowest BCUT2D eigenvalue weighted by Gasteiger charge is -2.11. The van der Waals surface area contributed by atoms with Crippen LogP contribution in [-0.4, -0.2) is 30.7 Å². The van der Waals surface area contributed by atoms with Crippen LogP contribution in [0.1, 0.15) is 22.4 Å². The second kappa shape index (κ2) is 9.78. The maximum atomic E-state index is 5.37. The molecule has 152 valence electrons. The molecule has 0 unspecified atom stereocenters. The van der Waals surface area contributed by atoms with Crippen molar-refractivity contribution in [2.45, 2.75) is 26.8 Å². The summed E-state index contributed by atoms with van der Waals surface area (Å²) in [6.07, 6.45) is 0.823. The fourth-order valence-electron chi connectivity index (χ4n) is 3.11. The molecule has 0 radical (unpaired) electrons. The number of ether oxygens (including phenoxy) is 2. The van der Waals surface area contributed by atoms with Crippen molar-refractivity contribution >= 4 is 11.8 Å². The van der Waals surface area contributed by atoms with Crippen molar-refractivity contribution < 1.29 is 9.47 Å². The van der Waals surface area contributed by atoms with Crippen molar-refractivity contribution in [2.24, 2.45) is 0 Å². The molecule has 6 heteroatoms. The minimum Gasteiger partial charge on any atom is -0.493 e. The lowest BCUT2D eigenvalue weighted by molar-refractivity contribution is 0.354. The predicted octanol–water partition coefficient (Wildman–Crippen LogP) is 4.38. The largest absolute Gasteiger partial charge is 0.493 e. The predicted molar refractivity (Wildman–Crippen MR) is 117 cm³/mol. The normalized spacial score (nSPS) is 10.5. The fourth-order valence-corrected chi connectivity index (χ4v) is 3.11. The van der Waals surface area contributed by atoms with Crippen LogP contribution in [0.3, 0.4) is 0 Å². The molecule has 2 aromatic carbocycles. The number of nitrogens with zero attached hydrogens (tertiary/aromatic N) is 2. The summed E-state index contributed by atoms with van der Waals surface area (Å²) in [4.78, 5) is 9.07. The first-order chi connectivity index (χ1) is 14.1. The number of aromatic nitrogens is 2. The van der Waals surface area contributed by atoms with Crippen LogP contribution in [0.25, 0.3) is 0 Å². The molecule has 0 amide bonds. The molecule has 0 aliphatic carbocycles. The quantitative estimate of drug-likeness (QED) is 0.563. The van der Waals surface area contributed by atoms with Gasteiger partial charge in [0, 0.05) is 24.8 Å². The van der Waals surface area contributed by atoms with Gasteiger partial charge in [-0.3, -0.25) is 0 Å². The summed E-state index contributed by atoms with van der Waals surface area (Å²) in [6, 6.07) is 16.3. The van der Waals surface area contributed by atoms with Gasteiger partial charge in [-0.25, -0.2) is 4.98 Å². The molecule has 0 saturated carbocycles. The van der Waals surface area contributed by atoms with Crippen molar-refractivity contribution in [3.63, 3.8) is 0 Å². The van der Waals surface area contributed by atoms with Crippen molar-refractivity contribution in [3.8, 4) is 11.5 Å². The van der Waals surface area contributed by atoms with E-state index in [2.05, 4.69) is 51.8 Å². The third-order valence-electron chi connectivity index (χ3n) is 4.56. The van der Waals surface area contributed by atoms with E-state index in [4.69, 9.17) is 9.47 Å². The molecule has 0 bridgehead atoms. The van der Waals surface area contributed by atoms with Crippen LogP contribution < -0.4 is 20.1 Å². The standard InChI is InChI=1S/C23H28N4O2/c1-16-6-5-7-19(12-16)15-25-22-13-17(2)26-23(27-22)24-11-10-18-8-9-20(28-3)21(14-18)29-4/h5-9,12-14H,10-11,15H2,1-4H3,(H2,24,25,26,27). The average molecular weight is 393 g/mol. The maximum absolute atomic E-state index is 5.37. The Kier molecular flexibility index (Phi) is 6.89. The zero-order valence-corrected chi connectivity index (χ0v) is 17.5. The molecular formula is C23H28N4O2. The highest BCUT2D eigenvalue weighted by Crippen LogP contribution is 2.27. The average Bonchev–Trinajstić information content (AvgIpc) is 2.72. The van der Waals surface area contributed by atoms with Crippen LogP contribution in [-0.2, 0) is 13.0 Å². The van der Waals surface area contributed by atoms with Gasteiger partial charge in [0.1, 0.15) is 5.82 Å². The first-order valence-corrected chi connectivity index (χ1v) is 9.67. The minimum absolute atomic E-state index is 0.622. The number of rotatable bonds is 9. The second-order valence-corrected chi connectivity index (χ2v) is 6.93. The summed E-state index contributed by atoms with van der Waals surface area (Å²) in [5.41, 5.74) is 4.55. The van der Waals surface area contributed by atoms with E-state index in [1.807, 2.05) is 31.2 Å². The number of nitrogens with one attached hydrogen (secondary N) is 2. The van der Waals surface area contributed by atoms with Crippen molar-refractivity contribution in [1.82, 2.24) is 9.97 Å². The zero-order chi connectivity index (χ0) is 20.6. The van der Waals surface area contributed by atoms with Gasteiger partial charge in [-0.15, -0.1) is 0 Å². The van der Waals surface area contributed by atoms with E-state index in [-0.39, 0.29) is 0 Å². The molecular weight excluding hydrogens is 364 g/mol. The summed E-state index contributed by atoms with van der Waals surface area (Å²) in [5.74, 6) is 2.90. The zero-order valence-electron chi connectivity index (χ0n) is 17.5.